The third-order valence-electron chi connectivity index (χ3n) is 3.81. The maximum absolute atomic E-state index is 9.17. The van der Waals surface area contributed by atoms with Gasteiger partial charge in [0.1, 0.15) is 5.52 Å². The Bertz CT molecular complexity index is 788. The van der Waals surface area contributed by atoms with E-state index < -0.39 is 0 Å². The molecule has 5 nitrogen and oxygen atoms in total. The van der Waals surface area contributed by atoms with Crippen LogP contribution in [0.4, 0.5) is 5.69 Å². The Kier molecular flexibility index (Phi) is 4.85. The van der Waals surface area contributed by atoms with Crippen molar-refractivity contribution in [1.29, 1.82) is 0 Å². The van der Waals surface area contributed by atoms with E-state index in [-0.39, 0.29) is 12.6 Å². The number of nitrogens with two attached hydrogens (primary N) is 1. The molecule has 0 bridgehead atoms. The molecular formula is C17H20N4OS. The first-order chi connectivity index (χ1) is 11.2. The van der Waals surface area contributed by atoms with Crippen molar-refractivity contribution in [2.75, 3.05) is 11.9 Å². The van der Waals surface area contributed by atoms with E-state index in [0.29, 0.717) is 6.42 Å². The monoisotopic (exact) mass is 328 g/mol. The number of benzene rings is 1. The lowest BCUT2D eigenvalue weighted by Gasteiger charge is -2.06. The highest BCUT2D eigenvalue weighted by Crippen LogP contribution is 2.34. The van der Waals surface area contributed by atoms with E-state index in [2.05, 4.69) is 27.6 Å². The number of nitrogens with zero attached hydrogens (tertiary/aromatic N) is 2. The highest BCUT2D eigenvalue weighted by molar-refractivity contribution is 7.19. The summed E-state index contributed by atoms with van der Waals surface area (Å²) in [6.07, 6.45) is 2.42. The van der Waals surface area contributed by atoms with Gasteiger partial charge in [0.25, 0.3) is 0 Å². The minimum absolute atomic E-state index is 0.0154. The molecule has 1 atom stereocenters. The van der Waals surface area contributed by atoms with Gasteiger partial charge in [-0.05, 0) is 24.5 Å². The summed E-state index contributed by atoms with van der Waals surface area (Å²) in [6.45, 7) is 2.76. The Labute approximate surface area is 139 Å². The molecule has 0 unspecified atom stereocenters. The molecule has 2 heterocycles. The molecule has 0 aliphatic heterocycles. The third-order valence-corrected chi connectivity index (χ3v) is 5.15. The topological polar surface area (TPSA) is 84.1 Å². The van der Waals surface area contributed by atoms with Crippen LogP contribution in [0.2, 0.25) is 0 Å². The van der Waals surface area contributed by atoms with Crippen molar-refractivity contribution in [3.8, 4) is 0 Å². The molecule has 1 aromatic carbocycles. The molecule has 0 aliphatic carbocycles. The van der Waals surface area contributed by atoms with Gasteiger partial charge in [0.15, 0.2) is 0 Å². The summed E-state index contributed by atoms with van der Waals surface area (Å²) in [5.74, 6) is 0. The highest BCUT2D eigenvalue weighted by atomic mass is 32.1. The summed E-state index contributed by atoms with van der Waals surface area (Å²) < 4.78 is 1.09. The van der Waals surface area contributed by atoms with Crippen LogP contribution in [0.5, 0.6) is 0 Å². The largest absolute Gasteiger partial charge is 0.395 e. The van der Waals surface area contributed by atoms with Gasteiger partial charge in [-0.3, -0.25) is 0 Å². The van der Waals surface area contributed by atoms with E-state index in [9.17, 15) is 0 Å². The minimum atomic E-state index is -0.240. The number of rotatable bonds is 6. The van der Waals surface area contributed by atoms with Crippen LogP contribution in [-0.4, -0.2) is 28.0 Å². The van der Waals surface area contributed by atoms with Crippen LogP contribution in [0.1, 0.15) is 16.0 Å². The number of aliphatic hydroxyl groups excluding tert-OH is 1. The molecule has 120 valence electrons. The Hall–Kier alpha value is -2.02. The van der Waals surface area contributed by atoms with Gasteiger partial charge < -0.3 is 16.2 Å². The number of aromatic nitrogens is 2. The van der Waals surface area contributed by atoms with Crippen LogP contribution in [0.15, 0.2) is 36.5 Å². The third kappa shape index (κ3) is 3.50. The number of thiophene rings is 1. The van der Waals surface area contributed by atoms with Gasteiger partial charge >= 0.3 is 0 Å². The number of nitrogens with one attached hydrogen (secondary N) is 1. The molecule has 0 amide bonds. The molecule has 2 aromatic heterocycles. The van der Waals surface area contributed by atoms with E-state index >= 15 is 0 Å². The zero-order chi connectivity index (χ0) is 16.2. The van der Waals surface area contributed by atoms with Gasteiger partial charge in [0, 0.05) is 17.5 Å². The molecule has 0 radical (unpaired) electrons. The number of hydrogen-bond donors (Lipinski definition) is 3. The average molecular weight is 328 g/mol. The van der Waals surface area contributed by atoms with Crippen LogP contribution in [0, 0.1) is 6.92 Å². The van der Waals surface area contributed by atoms with Crippen molar-refractivity contribution in [2.24, 2.45) is 5.73 Å². The minimum Gasteiger partial charge on any atom is -0.395 e. The van der Waals surface area contributed by atoms with Crippen molar-refractivity contribution in [1.82, 2.24) is 10.2 Å². The van der Waals surface area contributed by atoms with E-state index in [1.165, 1.54) is 5.56 Å². The molecule has 6 heteroatoms. The van der Waals surface area contributed by atoms with Gasteiger partial charge in [-0.1, -0.05) is 30.3 Å². The second-order valence-electron chi connectivity index (χ2n) is 5.57. The molecule has 3 rings (SSSR count). The first-order valence-corrected chi connectivity index (χ1v) is 8.38. The maximum atomic E-state index is 9.17. The summed E-state index contributed by atoms with van der Waals surface area (Å²) in [5.41, 5.74) is 10.1. The van der Waals surface area contributed by atoms with Gasteiger partial charge in [-0.2, -0.15) is 5.10 Å². The molecular weight excluding hydrogens is 308 g/mol. The lowest BCUT2D eigenvalue weighted by atomic mass is 10.1. The Morgan fingerprint density at radius 1 is 1.30 bits per heavy atom. The van der Waals surface area contributed by atoms with E-state index in [0.717, 1.165) is 32.9 Å². The quantitative estimate of drug-likeness (QED) is 0.647. The fourth-order valence-electron chi connectivity index (χ4n) is 2.47. The normalized spacial score (nSPS) is 12.5. The van der Waals surface area contributed by atoms with Gasteiger partial charge in [-0.15, -0.1) is 16.4 Å². The predicted octanol–water partition coefficient (Wildman–Crippen LogP) is 2.47. The molecule has 3 aromatic rings. The van der Waals surface area contributed by atoms with Crippen molar-refractivity contribution in [3.63, 3.8) is 0 Å². The Balaban J connectivity index is 1.87. The number of hydrogen-bond acceptors (Lipinski definition) is 6. The second kappa shape index (κ2) is 7.04. The van der Waals surface area contributed by atoms with Crippen LogP contribution in [0.3, 0.4) is 0 Å². The fraction of sp³-hybridized carbons (Fsp3) is 0.294. The number of aryl methyl sites for hydroxylation is 1. The van der Waals surface area contributed by atoms with Crippen LogP contribution in [-0.2, 0) is 13.0 Å². The number of aliphatic hydroxyl groups is 1. The van der Waals surface area contributed by atoms with Crippen LogP contribution >= 0.6 is 11.3 Å². The number of fused-ring (bicyclic) bond motifs is 1. The van der Waals surface area contributed by atoms with Crippen molar-refractivity contribution in [3.05, 3.63) is 52.5 Å². The van der Waals surface area contributed by atoms with Gasteiger partial charge in [0.2, 0.25) is 0 Å². The Morgan fingerprint density at radius 3 is 2.83 bits per heavy atom. The highest BCUT2D eigenvalue weighted by Gasteiger charge is 2.15. The van der Waals surface area contributed by atoms with Crippen LogP contribution < -0.4 is 11.1 Å². The van der Waals surface area contributed by atoms with Crippen molar-refractivity contribution in [2.45, 2.75) is 25.9 Å². The molecule has 23 heavy (non-hydrogen) atoms. The van der Waals surface area contributed by atoms with Crippen LogP contribution in [0.25, 0.3) is 10.2 Å². The lowest BCUT2D eigenvalue weighted by molar-refractivity contribution is 0.265. The fourth-order valence-corrected chi connectivity index (χ4v) is 3.79. The van der Waals surface area contributed by atoms with E-state index in [4.69, 9.17) is 10.8 Å². The van der Waals surface area contributed by atoms with Gasteiger partial charge in [-0.25, -0.2) is 0 Å². The number of anilines is 1. The molecule has 0 saturated heterocycles. The first kappa shape index (κ1) is 15.9. The summed E-state index contributed by atoms with van der Waals surface area (Å²) in [6, 6.07) is 10.0. The predicted molar refractivity (Wildman–Crippen MR) is 94.7 cm³/mol. The molecule has 4 N–H and O–H groups in total. The molecule has 0 fully saturated rings. The average Bonchev–Trinajstić information content (AvgIpc) is 2.90. The van der Waals surface area contributed by atoms with Gasteiger partial charge in [0.05, 0.1) is 23.2 Å². The molecule has 0 aliphatic rings. The standard InChI is InChI=1S/C17H20N4OS/c1-11-15(7-13(18)10-22)23-17-14(9-20-21-16(11)17)19-8-12-5-3-2-4-6-12/h2-6,9,13,22H,7-8,10,18H2,1H3,(H,19,21)/t13-/m1/s1. The van der Waals surface area contributed by atoms with Crippen molar-refractivity contribution >= 4 is 27.2 Å². The Morgan fingerprint density at radius 2 is 2.09 bits per heavy atom. The summed E-state index contributed by atoms with van der Waals surface area (Å²) in [7, 11) is 0. The zero-order valence-electron chi connectivity index (χ0n) is 13.0. The van der Waals surface area contributed by atoms with E-state index in [1.54, 1.807) is 17.5 Å². The summed E-state index contributed by atoms with van der Waals surface area (Å²) >= 11 is 1.67. The molecule has 0 spiro atoms. The van der Waals surface area contributed by atoms with Crippen molar-refractivity contribution < 1.29 is 5.11 Å². The summed E-state index contributed by atoms with van der Waals surface area (Å²) in [4.78, 5) is 1.16. The molecule has 0 saturated carbocycles. The lowest BCUT2D eigenvalue weighted by Crippen LogP contribution is -2.26. The van der Waals surface area contributed by atoms with E-state index in [1.807, 2.05) is 25.1 Å². The summed E-state index contributed by atoms with van der Waals surface area (Å²) in [5, 5.41) is 21.0. The first-order valence-electron chi connectivity index (χ1n) is 7.57. The smallest absolute Gasteiger partial charge is 0.109 e. The second-order valence-corrected chi connectivity index (χ2v) is 6.68. The SMILES string of the molecule is Cc1c(C[C@@H](N)CO)sc2c(NCc3ccccc3)cnnc12. The zero-order valence-corrected chi connectivity index (χ0v) is 13.8. The maximum Gasteiger partial charge on any atom is 0.109 e.